The number of nitrogens with one attached hydrogen (secondary N) is 2. The van der Waals surface area contributed by atoms with Crippen LogP contribution in [-0.2, 0) is 6.42 Å². The molecule has 1 aromatic carbocycles. The third kappa shape index (κ3) is 2.06. The fourth-order valence-corrected chi connectivity index (χ4v) is 2.31. The Hall–Kier alpha value is -0.870. The molecule has 0 aliphatic heterocycles. The zero-order valence-electron chi connectivity index (χ0n) is 8.40. The van der Waals surface area contributed by atoms with Crippen LogP contribution in [0.15, 0.2) is 22.8 Å². The summed E-state index contributed by atoms with van der Waals surface area (Å²) < 4.78 is 13.9. The summed E-state index contributed by atoms with van der Waals surface area (Å²) in [7, 11) is 1.92. The first-order chi connectivity index (χ1) is 7.22. The van der Waals surface area contributed by atoms with E-state index in [0.29, 0.717) is 0 Å². The number of fused-ring (bicyclic) bond motifs is 1. The van der Waals surface area contributed by atoms with Crippen molar-refractivity contribution in [1.82, 2.24) is 10.3 Å². The Labute approximate surface area is 96.0 Å². The molecule has 15 heavy (non-hydrogen) atoms. The summed E-state index contributed by atoms with van der Waals surface area (Å²) in [5.41, 5.74) is 2.03. The van der Waals surface area contributed by atoms with Crippen LogP contribution < -0.4 is 5.32 Å². The van der Waals surface area contributed by atoms with Crippen molar-refractivity contribution in [2.45, 2.75) is 6.42 Å². The van der Waals surface area contributed by atoms with Gasteiger partial charge in [-0.3, -0.25) is 0 Å². The largest absolute Gasteiger partial charge is 0.349 e. The highest BCUT2D eigenvalue weighted by molar-refractivity contribution is 9.10. The second kappa shape index (κ2) is 4.33. The molecule has 4 heteroatoms. The van der Waals surface area contributed by atoms with E-state index in [1.54, 1.807) is 0 Å². The Morgan fingerprint density at radius 1 is 1.47 bits per heavy atom. The van der Waals surface area contributed by atoms with E-state index in [1.807, 2.05) is 13.1 Å². The molecule has 0 aliphatic rings. The van der Waals surface area contributed by atoms with Gasteiger partial charge in [-0.1, -0.05) is 0 Å². The second-order valence-corrected chi connectivity index (χ2v) is 4.25. The second-order valence-electron chi connectivity index (χ2n) is 3.46. The zero-order valence-corrected chi connectivity index (χ0v) is 9.99. The van der Waals surface area contributed by atoms with Crippen LogP contribution in [0.25, 0.3) is 10.9 Å². The van der Waals surface area contributed by atoms with Gasteiger partial charge in [0.15, 0.2) is 0 Å². The van der Waals surface area contributed by atoms with Crippen LogP contribution in [0, 0.1) is 5.82 Å². The third-order valence-electron chi connectivity index (χ3n) is 2.44. The minimum Gasteiger partial charge on any atom is -0.349 e. The Kier molecular flexibility index (Phi) is 3.07. The molecule has 0 spiro atoms. The first-order valence-electron chi connectivity index (χ1n) is 4.82. The van der Waals surface area contributed by atoms with E-state index in [1.165, 1.54) is 17.7 Å². The fourth-order valence-electron chi connectivity index (χ4n) is 1.69. The van der Waals surface area contributed by atoms with Crippen LogP contribution in [0.1, 0.15) is 5.56 Å². The van der Waals surface area contributed by atoms with Crippen molar-refractivity contribution in [3.8, 4) is 0 Å². The molecule has 1 heterocycles. The quantitative estimate of drug-likeness (QED) is 0.882. The Balaban J connectivity index is 2.48. The van der Waals surface area contributed by atoms with Crippen LogP contribution in [-0.4, -0.2) is 18.6 Å². The van der Waals surface area contributed by atoms with Gasteiger partial charge >= 0.3 is 0 Å². The number of likely N-dealkylation sites (N-methyl/N-ethyl adjacent to an activating group) is 1. The molecular weight excluding hydrogens is 259 g/mol. The zero-order chi connectivity index (χ0) is 10.8. The van der Waals surface area contributed by atoms with E-state index in [9.17, 15) is 4.39 Å². The lowest BCUT2D eigenvalue weighted by atomic mass is 10.1. The third-order valence-corrected chi connectivity index (χ3v) is 3.12. The van der Waals surface area contributed by atoms with E-state index in [2.05, 4.69) is 26.2 Å². The lowest BCUT2D eigenvalue weighted by molar-refractivity contribution is 0.629. The Morgan fingerprint density at radius 2 is 2.27 bits per heavy atom. The maximum absolute atomic E-state index is 13.0. The van der Waals surface area contributed by atoms with Gasteiger partial charge in [-0.25, -0.2) is 4.39 Å². The molecule has 0 saturated heterocycles. The molecule has 0 fully saturated rings. The molecule has 0 aliphatic carbocycles. The van der Waals surface area contributed by atoms with Crippen molar-refractivity contribution in [3.63, 3.8) is 0 Å². The maximum Gasteiger partial charge on any atom is 0.125 e. The van der Waals surface area contributed by atoms with Gasteiger partial charge in [0.05, 0.1) is 4.60 Å². The van der Waals surface area contributed by atoms with E-state index in [-0.39, 0.29) is 5.82 Å². The topological polar surface area (TPSA) is 27.8 Å². The molecular formula is C11H12BrFN2. The van der Waals surface area contributed by atoms with Crippen LogP contribution in [0.5, 0.6) is 0 Å². The van der Waals surface area contributed by atoms with Gasteiger partial charge in [0.1, 0.15) is 5.82 Å². The van der Waals surface area contributed by atoms with Gasteiger partial charge in [-0.15, -0.1) is 0 Å². The van der Waals surface area contributed by atoms with E-state index < -0.39 is 0 Å². The summed E-state index contributed by atoms with van der Waals surface area (Å²) in [5, 5.41) is 4.18. The lowest BCUT2D eigenvalue weighted by Crippen LogP contribution is -2.10. The predicted octanol–water partition coefficient (Wildman–Crippen LogP) is 2.83. The molecule has 2 rings (SSSR count). The number of aromatic nitrogens is 1. The Morgan fingerprint density at radius 3 is 3.00 bits per heavy atom. The van der Waals surface area contributed by atoms with Gasteiger partial charge in [-0.2, -0.15) is 0 Å². The van der Waals surface area contributed by atoms with E-state index in [0.717, 1.165) is 28.5 Å². The van der Waals surface area contributed by atoms with Crippen molar-refractivity contribution < 1.29 is 4.39 Å². The van der Waals surface area contributed by atoms with Gasteiger partial charge < -0.3 is 10.3 Å². The number of H-pyrrole nitrogens is 1. The Bertz CT molecular complexity index is 479. The van der Waals surface area contributed by atoms with Crippen molar-refractivity contribution >= 4 is 26.8 Å². The van der Waals surface area contributed by atoms with E-state index in [4.69, 9.17) is 0 Å². The predicted molar refractivity (Wildman–Crippen MR) is 63.6 cm³/mol. The van der Waals surface area contributed by atoms with Crippen LogP contribution in [0.3, 0.4) is 0 Å². The number of hydrogen-bond acceptors (Lipinski definition) is 1. The van der Waals surface area contributed by atoms with Crippen molar-refractivity contribution in [1.29, 1.82) is 0 Å². The SMILES string of the molecule is CNCCc1c(Br)[nH]c2cc(F)ccc12. The van der Waals surface area contributed by atoms with Crippen LogP contribution >= 0.6 is 15.9 Å². The van der Waals surface area contributed by atoms with Crippen LogP contribution in [0.4, 0.5) is 4.39 Å². The van der Waals surface area contributed by atoms with Gasteiger partial charge in [0, 0.05) is 10.9 Å². The van der Waals surface area contributed by atoms with Gasteiger partial charge in [0.25, 0.3) is 0 Å². The number of halogens is 2. The van der Waals surface area contributed by atoms with Gasteiger partial charge in [0.2, 0.25) is 0 Å². The molecule has 80 valence electrons. The normalized spacial score (nSPS) is 11.1. The van der Waals surface area contributed by atoms with Crippen molar-refractivity contribution in [2.75, 3.05) is 13.6 Å². The first-order valence-corrected chi connectivity index (χ1v) is 5.62. The molecule has 0 bridgehead atoms. The standard InChI is InChI=1S/C11H12BrFN2/c1-14-5-4-9-8-3-2-7(13)6-10(8)15-11(9)12/h2-3,6,14-15H,4-5H2,1H3. The number of rotatable bonds is 3. The molecule has 0 radical (unpaired) electrons. The number of hydrogen-bond donors (Lipinski definition) is 2. The summed E-state index contributed by atoms with van der Waals surface area (Å²) in [6.07, 6.45) is 0.919. The summed E-state index contributed by atoms with van der Waals surface area (Å²) in [6.45, 7) is 0.906. The van der Waals surface area contributed by atoms with E-state index >= 15 is 0 Å². The maximum atomic E-state index is 13.0. The van der Waals surface area contributed by atoms with Gasteiger partial charge in [-0.05, 0) is 59.7 Å². The molecule has 0 amide bonds. The minimum atomic E-state index is -0.212. The average molecular weight is 271 g/mol. The van der Waals surface area contributed by atoms with Crippen molar-refractivity contribution in [3.05, 3.63) is 34.2 Å². The molecule has 0 saturated carbocycles. The monoisotopic (exact) mass is 270 g/mol. The first kappa shape index (κ1) is 10.6. The summed E-state index contributed by atoms with van der Waals surface area (Å²) in [5.74, 6) is -0.212. The summed E-state index contributed by atoms with van der Waals surface area (Å²) in [6, 6.07) is 4.82. The molecule has 2 aromatic rings. The molecule has 0 atom stereocenters. The smallest absolute Gasteiger partial charge is 0.125 e. The van der Waals surface area contributed by atoms with Crippen LogP contribution in [0.2, 0.25) is 0 Å². The number of aromatic amines is 1. The fraction of sp³-hybridized carbons (Fsp3) is 0.273. The highest BCUT2D eigenvalue weighted by atomic mass is 79.9. The highest BCUT2D eigenvalue weighted by Crippen LogP contribution is 2.27. The average Bonchev–Trinajstić information content (AvgIpc) is 2.50. The molecule has 2 nitrogen and oxygen atoms in total. The highest BCUT2D eigenvalue weighted by Gasteiger charge is 2.09. The summed E-state index contributed by atoms with van der Waals surface area (Å²) >= 11 is 3.46. The summed E-state index contributed by atoms with van der Waals surface area (Å²) in [4.78, 5) is 3.13. The molecule has 0 unspecified atom stereocenters. The lowest BCUT2D eigenvalue weighted by Gasteiger charge is -1.99. The number of benzene rings is 1. The molecule has 2 N–H and O–H groups in total. The molecule has 1 aromatic heterocycles. The minimum absolute atomic E-state index is 0.212. The van der Waals surface area contributed by atoms with Crippen molar-refractivity contribution in [2.24, 2.45) is 0 Å².